The zero-order chi connectivity index (χ0) is 19.8. The second-order valence-corrected chi connectivity index (χ2v) is 7.35. The topological polar surface area (TPSA) is 18.5 Å². The summed E-state index contributed by atoms with van der Waals surface area (Å²) in [6.07, 6.45) is -1.000. The van der Waals surface area contributed by atoms with Crippen LogP contribution in [0.3, 0.4) is 0 Å². The van der Waals surface area contributed by atoms with Crippen molar-refractivity contribution in [1.29, 1.82) is 0 Å². The Labute approximate surface area is 153 Å². The lowest BCUT2D eigenvalue weighted by atomic mass is 9.75. The number of allylic oxidation sites excluding steroid dienone is 1. The van der Waals surface area contributed by atoms with Crippen molar-refractivity contribution in [3.63, 3.8) is 0 Å². The van der Waals surface area contributed by atoms with Crippen molar-refractivity contribution in [2.45, 2.75) is 45.4 Å². The van der Waals surface area contributed by atoms with E-state index in [-0.39, 0.29) is 30.3 Å². The van der Waals surface area contributed by atoms with Gasteiger partial charge in [-0.25, -0.2) is 13.2 Å². The van der Waals surface area contributed by atoms with Crippen LogP contribution in [0.5, 0.6) is 5.75 Å². The van der Waals surface area contributed by atoms with E-state index in [1.807, 2.05) is 0 Å². The Balaban J connectivity index is 1.77. The Bertz CT molecular complexity index is 696. The standard InChI is InChI=1S/C19H20F6O2/c1-10-2-4-11(5-3-10)13-8-14(20)17(26-9-13)12-6-15(21)18(16(22)7-12)27-19(23,24)25/h6-7,10-11,13H,2-5,8-9H2,1H3/t10-,11-,13?. The highest BCUT2D eigenvalue weighted by atomic mass is 19.4. The van der Waals surface area contributed by atoms with Crippen LogP contribution >= 0.6 is 0 Å². The fraction of sp³-hybridized carbons (Fsp3) is 0.579. The molecular weight excluding hydrogens is 374 g/mol. The molecule has 0 N–H and O–H groups in total. The summed E-state index contributed by atoms with van der Waals surface area (Å²) < 4.78 is 87.7. The average Bonchev–Trinajstić information content (AvgIpc) is 2.58. The lowest BCUT2D eigenvalue weighted by Crippen LogP contribution is -2.27. The minimum absolute atomic E-state index is 0.0104. The third-order valence-corrected chi connectivity index (χ3v) is 5.33. The highest BCUT2D eigenvalue weighted by Crippen LogP contribution is 2.41. The predicted octanol–water partition coefficient (Wildman–Crippen LogP) is 6.36. The summed E-state index contributed by atoms with van der Waals surface area (Å²) in [6, 6.07) is 1.17. The van der Waals surface area contributed by atoms with Crippen molar-refractivity contribution in [3.05, 3.63) is 35.2 Å². The molecule has 150 valence electrons. The molecule has 1 heterocycles. The van der Waals surface area contributed by atoms with Gasteiger partial charge in [-0.05, 0) is 36.8 Å². The van der Waals surface area contributed by atoms with Crippen LogP contribution in [0.25, 0.3) is 5.76 Å². The minimum Gasteiger partial charge on any atom is -0.490 e. The molecule has 0 radical (unpaired) electrons. The Hall–Kier alpha value is -1.86. The first kappa shape index (κ1) is 19.9. The lowest BCUT2D eigenvalue weighted by Gasteiger charge is -2.35. The monoisotopic (exact) mass is 394 g/mol. The van der Waals surface area contributed by atoms with E-state index >= 15 is 0 Å². The third kappa shape index (κ3) is 4.71. The van der Waals surface area contributed by atoms with Crippen molar-refractivity contribution >= 4 is 5.76 Å². The van der Waals surface area contributed by atoms with Crippen LogP contribution in [0.4, 0.5) is 26.3 Å². The van der Waals surface area contributed by atoms with Crippen LogP contribution in [-0.4, -0.2) is 13.0 Å². The second kappa shape index (κ2) is 7.64. The van der Waals surface area contributed by atoms with Gasteiger partial charge in [0.25, 0.3) is 0 Å². The molecule has 1 fully saturated rings. The molecule has 0 bridgehead atoms. The molecule has 1 aliphatic heterocycles. The molecule has 8 heteroatoms. The number of halogens is 6. The first-order valence-corrected chi connectivity index (χ1v) is 8.90. The molecule has 1 aromatic rings. The van der Waals surface area contributed by atoms with Crippen LogP contribution in [0.2, 0.25) is 0 Å². The predicted molar refractivity (Wildman–Crippen MR) is 86.3 cm³/mol. The first-order chi connectivity index (χ1) is 12.6. The van der Waals surface area contributed by atoms with Crippen molar-refractivity contribution in [3.8, 4) is 5.75 Å². The zero-order valence-corrected chi connectivity index (χ0v) is 14.7. The first-order valence-electron chi connectivity index (χ1n) is 8.90. The fourth-order valence-corrected chi connectivity index (χ4v) is 3.85. The van der Waals surface area contributed by atoms with Crippen LogP contribution in [0.1, 0.15) is 44.6 Å². The highest BCUT2D eigenvalue weighted by molar-refractivity contribution is 5.63. The van der Waals surface area contributed by atoms with Gasteiger partial charge in [0.05, 0.1) is 6.61 Å². The number of rotatable bonds is 3. The van der Waals surface area contributed by atoms with Gasteiger partial charge in [0, 0.05) is 17.9 Å². The van der Waals surface area contributed by atoms with Gasteiger partial charge in [0.1, 0.15) is 5.83 Å². The molecule has 27 heavy (non-hydrogen) atoms. The Morgan fingerprint density at radius 3 is 2.07 bits per heavy atom. The van der Waals surface area contributed by atoms with Crippen molar-refractivity contribution in [2.24, 2.45) is 17.8 Å². The number of ether oxygens (including phenoxy) is 2. The van der Waals surface area contributed by atoms with E-state index in [1.54, 1.807) is 0 Å². The molecular formula is C19H20F6O2. The van der Waals surface area contributed by atoms with Gasteiger partial charge in [0.15, 0.2) is 17.4 Å². The van der Waals surface area contributed by atoms with Gasteiger partial charge in [-0.15, -0.1) is 13.2 Å². The molecule has 1 aliphatic carbocycles. The maximum atomic E-state index is 14.5. The molecule has 0 aromatic heterocycles. The van der Waals surface area contributed by atoms with Gasteiger partial charge in [0.2, 0.25) is 5.75 Å². The third-order valence-electron chi connectivity index (χ3n) is 5.33. The molecule has 1 aromatic carbocycles. The van der Waals surface area contributed by atoms with E-state index in [4.69, 9.17) is 4.74 Å². The summed E-state index contributed by atoms with van der Waals surface area (Å²) in [4.78, 5) is 0. The Morgan fingerprint density at radius 1 is 0.963 bits per heavy atom. The number of benzene rings is 1. The molecule has 1 saturated carbocycles. The van der Waals surface area contributed by atoms with Crippen LogP contribution < -0.4 is 4.74 Å². The number of hydrogen-bond donors (Lipinski definition) is 0. The van der Waals surface area contributed by atoms with E-state index < -0.39 is 29.6 Å². The van der Waals surface area contributed by atoms with Crippen molar-refractivity contribution < 1.29 is 35.8 Å². The molecule has 2 nitrogen and oxygen atoms in total. The van der Waals surface area contributed by atoms with E-state index in [2.05, 4.69) is 11.7 Å². The van der Waals surface area contributed by atoms with Gasteiger partial charge in [-0.3, -0.25) is 0 Å². The SMILES string of the molecule is C[C@H]1CC[C@H](C2COC(c3cc(F)c(OC(F)(F)F)c(F)c3)=C(F)C2)CC1. The quantitative estimate of drug-likeness (QED) is 0.555. The molecule has 1 unspecified atom stereocenters. The molecule has 0 amide bonds. The van der Waals surface area contributed by atoms with E-state index in [9.17, 15) is 26.3 Å². The summed E-state index contributed by atoms with van der Waals surface area (Å²) in [5.74, 6) is -4.71. The minimum atomic E-state index is -5.24. The average molecular weight is 394 g/mol. The summed E-state index contributed by atoms with van der Waals surface area (Å²) in [7, 11) is 0. The summed E-state index contributed by atoms with van der Waals surface area (Å²) >= 11 is 0. The Kier molecular flexibility index (Phi) is 5.63. The molecule has 0 saturated heterocycles. The second-order valence-electron chi connectivity index (χ2n) is 7.35. The normalized spacial score (nSPS) is 26.7. The summed E-state index contributed by atoms with van der Waals surface area (Å²) in [5.41, 5.74) is -0.284. The van der Waals surface area contributed by atoms with Gasteiger partial charge in [-0.2, -0.15) is 0 Å². The van der Waals surface area contributed by atoms with Crippen LogP contribution in [-0.2, 0) is 4.74 Å². The van der Waals surface area contributed by atoms with Crippen LogP contribution in [0.15, 0.2) is 18.0 Å². The molecule has 1 atom stereocenters. The van der Waals surface area contributed by atoms with Gasteiger partial charge in [-0.1, -0.05) is 19.8 Å². The van der Waals surface area contributed by atoms with Gasteiger partial charge >= 0.3 is 6.36 Å². The number of alkyl halides is 3. The largest absolute Gasteiger partial charge is 0.573 e. The van der Waals surface area contributed by atoms with E-state index in [1.165, 1.54) is 0 Å². The van der Waals surface area contributed by atoms with E-state index in [0.717, 1.165) is 25.7 Å². The van der Waals surface area contributed by atoms with Crippen LogP contribution in [0, 0.1) is 29.4 Å². The van der Waals surface area contributed by atoms with E-state index in [0.29, 0.717) is 24.0 Å². The molecule has 2 aliphatic rings. The fourth-order valence-electron chi connectivity index (χ4n) is 3.85. The Morgan fingerprint density at radius 2 is 1.56 bits per heavy atom. The maximum absolute atomic E-state index is 14.5. The van der Waals surface area contributed by atoms with Crippen molar-refractivity contribution in [1.82, 2.24) is 0 Å². The maximum Gasteiger partial charge on any atom is 0.573 e. The highest BCUT2D eigenvalue weighted by Gasteiger charge is 2.35. The summed E-state index contributed by atoms with van der Waals surface area (Å²) in [6.45, 7) is 2.40. The van der Waals surface area contributed by atoms with Crippen molar-refractivity contribution in [2.75, 3.05) is 6.61 Å². The van der Waals surface area contributed by atoms with Gasteiger partial charge < -0.3 is 9.47 Å². The lowest BCUT2D eigenvalue weighted by molar-refractivity contribution is -0.276. The number of hydrogen-bond acceptors (Lipinski definition) is 2. The molecule has 0 spiro atoms. The smallest absolute Gasteiger partial charge is 0.490 e. The summed E-state index contributed by atoms with van der Waals surface area (Å²) in [5, 5.41) is 0. The zero-order valence-electron chi connectivity index (χ0n) is 14.7. The molecule has 3 rings (SSSR count).